The zero-order valence-corrected chi connectivity index (χ0v) is 13.8. The molecule has 0 atom stereocenters. The maximum atomic E-state index is 12.3. The highest BCUT2D eigenvalue weighted by molar-refractivity contribution is 7.17. The number of carbonyl (C=O) groups is 1. The molecule has 2 aromatic heterocycles. The Bertz CT molecular complexity index is 900. The minimum Gasteiger partial charge on any atom is -0.488 e. The molecule has 1 aliphatic heterocycles. The van der Waals surface area contributed by atoms with Crippen LogP contribution in [0.25, 0.3) is 10.4 Å². The predicted molar refractivity (Wildman–Crippen MR) is 86.9 cm³/mol. The summed E-state index contributed by atoms with van der Waals surface area (Å²) in [5.41, 5.74) is 2.00. The van der Waals surface area contributed by atoms with E-state index in [2.05, 4.69) is 10.2 Å². The zero-order valence-electron chi connectivity index (χ0n) is 12.9. The van der Waals surface area contributed by atoms with Crippen molar-refractivity contribution < 1.29 is 18.7 Å². The van der Waals surface area contributed by atoms with Crippen molar-refractivity contribution in [2.45, 2.75) is 26.6 Å². The Hall–Kier alpha value is -2.67. The molecule has 0 N–H and O–H groups in total. The number of fused-ring (bicyclic) bond motifs is 3. The van der Waals surface area contributed by atoms with Gasteiger partial charge in [0.2, 0.25) is 5.89 Å². The van der Waals surface area contributed by atoms with Gasteiger partial charge in [-0.1, -0.05) is 19.1 Å². The molecule has 0 saturated heterocycles. The van der Waals surface area contributed by atoms with E-state index in [1.807, 2.05) is 37.3 Å². The van der Waals surface area contributed by atoms with Crippen LogP contribution in [0.15, 0.2) is 34.7 Å². The van der Waals surface area contributed by atoms with Gasteiger partial charge in [0.05, 0.1) is 0 Å². The van der Waals surface area contributed by atoms with Crippen LogP contribution in [0, 0.1) is 0 Å². The van der Waals surface area contributed by atoms with Crippen LogP contribution in [0.5, 0.6) is 5.75 Å². The Labute approximate surface area is 142 Å². The van der Waals surface area contributed by atoms with Gasteiger partial charge in [0.25, 0.3) is 5.89 Å². The second-order valence-electron chi connectivity index (χ2n) is 5.27. The summed E-state index contributed by atoms with van der Waals surface area (Å²) in [5, 5.41) is 7.68. The van der Waals surface area contributed by atoms with Crippen LogP contribution in [0.4, 0.5) is 0 Å². The van der Waals surface area contributed by atoms with Gasteiger partial charge >= 0.3 is 5.97 Å². The molecule has 3 heterocycles. The molecule has 0 spiro atoms. The molecular formula is C17H14N2O4S. The average molecular weight is 342 g/mol. The Kier molecular flexibility index (Phi) is 3.78. The standard InChI is InChI=1S/C17H14N2O4S/c1-2-14-18-19-15(23-14)9-22-17(20)13-7-10-8-21-12-6-4-3-5-11(12)16(10)24-13/h3-7H,2,8-9H2,1H3. The van der Waals surface area contributed by atoms with Gasteiger partial charge in [-0.15, -0.1) is 21.5 Å². The van der Waals surface area contributed by atoms with E-state index in [9.17, 15) is 4.79 Å². The minimum atomic E-state index is -0.400. The Morgan fingerprint density at radius 1 is 1.29 bits per heavy atom. The molecule has 0 saturated carbocycles. The quantitative estimate of drug-likeness (QED) is 0.674. The predicted octanol–water partition coefficient (Wildman–Crippen LogP) is 3.61. The van der Waals surface area contributed by atoms with Crippen molar-refractivity contribution in [2.75, 3.05) is 0 Å². The third-order valence-electron chi connectivity index (χ3n) is 3.66. The lowest BCUT2D eigenvalue weighted by Crippen LogP contribution is -2.04. The van der Waals surface area contributed by atoms with Crippen LogP contribution in [-0.2, 0) is 24.4 Å². The molecule has 0 radical (unpaired) electrons. The lowest BCUT2D eigenvalue weighted by molar-refractivity contribution is 0.0442. The van der Waals surface area contributed by atoms with E-state index in [0.717, 1.165) is 21.8 Å². The highest BCUT2D eigenvalue weighted by Gasteiger charge is 2.23. The Morgan fingerprint density at radius 3 is 2.96 bits per heavy atom. The molecule has 0 unspecified atom stereocenters. The number of nitrogens with zero attached hydrogens (tertiary/aromatic N) is 2. The van der Waals surface area contributed by atoms with E-state index in [-0.39, 0.29) is 6.61 Å². The summed E-state index contributed by atoms with van der Waals surface area (Å²) in [7, 11) is 0. The number of aromatic nitrogens is 2. The second kappa shape index (κ2) is 6.09. The zero-order chi connectivity index (χ0) is 16.5. The fourth-order valence-corrected chi connectivity index (χ4v) is 3.58. The molecule has 7 heteroatoms. The van der Waals surface area contributed by atoms with Crippen molar-refractivity contribution in [2.24, 2.45) is 0 Å². The van der Waals surface area contributed by atoms with Crippen molar-refractivity contribution in [3.8, 4) is 16.2 Å². The van der Waals surface area contributed by atoms with Crippen molar-refractivity contribution in [3.05, 3.63) is 52.6 Å². The molecule has 0 aliphatic carbocycles. The van der Waals surface area contributed by atoms with Crippen LogP contribution < -0.4 is 4.74 Å². The number of benzene rings is 1. The van der Waals surface area contributed by atoms with Gasteiger partial charge in [-0.3, -0.25) is 0 Å². The van der Waals surface area contributed by atoms with Gasteiger partial charge in [-0.25, -0.2) is 4.79 Å². The lowest BCUT2D eigenvalue weighted by atomic mass is 10.1. The molecular weight excluding hydrogens is 328 g/mol. The van der Waals surface area contributed by atoms with Gasteiger partial charge in [0.1, 0.15) is 17.2 Å². The number of hydrogen-bond donors (Lipinski definition) is 0. The highest BCUT2D eigenvalue weighted by Crippen LogP contribution is 2.42. The van der Waals surface area contributed by atoms with Crippen molar-refractivity contribution in [1.82, 2.24) is 10.2 Å². The summed E-state index contributed by atoms with van der Waals surface area (Å²) >= 11 is 1.41. The van der Waals surface area contributed by atoms with Crippen LogP contribution in [0.2, 0.25) is 0 Å². The second-order valence-corrected chi connectivity index (χ2v) is 6.32. The number of carbonyl (C=O) groups excluding carboxylic acids is 1. The Morgan fingerprint density at radius 2 is 2.12 bits per heavy atom. The van der Waals surface area contributed by atoms with Gasteiger partial charge < -0.3 is 13.9 Å². The topological polar surface area (TPSA) is 74.5 Å². The van der Waals surface area contributed by atoms with Crippen LogP contribution >= 0.6 is 11.3 Å². The number of ether oxygens (including phenoxy) is 2. The van der Waals surface area contributed by atoms with Gasteiger partial charge in [-0.2, -0.15) is 0 Å². The first-order valence-corrected chi connectivity index (χ1v) is 8.39. The third kappa shape index (κ3) is 2.67. The van der Waals surface area contributed by atoms with Crippen molar-refractivity contribution in [1.29, 1.82) is 0 Å². The molecule has 4 rings (SSSR count). The number of para-hydroxylation sites is 1. The summed E-state index contributed by atoms with van der Waals surface area (Å²) in [6.45, 7) is 2.35. The van der Waals surface area contributed by atoms with Gasteiger partial charge in [0.15, 0.2) is 6.61 Å². The number of esters is 1. The van der Waals surface area contributed by atoms with Gasteiger partial charge in [0, 0.05) is 22.4 Å². The molecule has 3 aromatic rings. The van der Waals surface area contributed by atoms with E-state index in [1.165, 1.54) is 11.3 Å². The van der Waals surface area contributed by atoms with Gasteiger partial charge in [-0.05, 0) is 18.2 Å². The minimum absolute atomic E-state index is 0.0263. The van der Waals surface area contributed by atoms with E-state index in [1.54, 1.807) is 0 Å². The fourth-order valence-electron chi connectivity index (χ4n) is 2.49. The Balaban J connectivity index is 1.51. The monoisotopic (exact) mass is 342 g/mol. The van der Waals surface area contributed by atoms with Crippen LogP contribution in [-0.4, -0.2) is 16.2 Å². The summed E-state index contributed by atoms with van der Waals surface area (Å²) in [6.07, 6.45) is 0.651. The number of rotatable bonds is 4. The molecule has 0 bridgehead atoms. The number of thiophene rings is 1. The molecule has 0 fully saturated rings. The number of aryl methyl sites for hydroxylation is 1. The largest absolute Gasteiger partial charge is 0.488 e. The molecule has 6 nitrogen and oxygen atoms in total. The van der Waals surface area contributed by atoms with Crippen molar-refractivity contribution in [3.63, 3.8) is 0 Å². The fraction of sp³-hybridized carbons (Fsp3) is 0.235. The summed E-state index contributed by atoms with van der Waals surface area (Å²) < 4.78 is 16.3. The molecule has 0 amide bonds. The average Bonchev–Trinajstić information content (AvgIpc) is 3.26. The molecule has 122 valence electrons. The lowest BCUT2D eigenvalue weighted by Gasteiger charge is -2.16. The first-order chi connectivity index (χ1) is 11.7. The first-order valence-electron chi connectivity index (χ1n) is 7.58. The molecule has 1 aromatic carbocycles. The maximum absolute atomic E-state index is 12.3. The normalized spacial score (nSPS) is 12.2. The SMILES string of the molecule is CCc1nnc(COC(=O)c2cc3c(s2)-c2ccccc2OC3)o1. The van der Waals surface area contributed by atoms with E-state index < -0.39 is 5.97 Å². The van der Waals surface area contributed by atoms with Crippen molar-refractivity contribution >= 4 is 17.3 Å². The molecule has 1 aliphatic rings. The van der Waals surface area contributed by atoms with Crippen LogP contribution in [0.3, 0.4) is 0 Å². The van der Waals surface area contributed by atoms with E-state index in [0.29, 0.717) is 29.7 Å². The van der Waals surface area contributed by atoms with Crippen LogP contribution in [0.1, 0.15) is 33.9 Å². The van der Waals surface area contributed by atoms with E-state index in [4.69, 9.17) is 13.9 Å². The summed E-state index contributed by atoms with van der Waals surface area (Å²) in [6, 6.07) is 9.63. The smallest absolute Gasteiger partial charge is 0.348 e. The third-order valence-corrected chi connectivity index (χ3v) is 4.85. The highest BCUT2D eigenvalue weighted by atomic mass is 32.1. The summed E-state index contributed by atoms with van der Waals surface area (Å²) in [5.74, 6) is 1.27. The van der Waals surface area contributed by atoms with E-state index >= 15 is 0 Å². The summed E-state index contributed by atoms with van der Waals surface area (Å²) in [4.78, 5) is 13.9. The first kappa shape index (κ1) is 14.9. The number of hydrogen-bond acceptors (Lipinski definition) is 7. The maximum Gasteiger partial charge on any atom is 0.348 e. The molecule has 24 heavy (non-hydrogen) atoms.